The molecule has 0 saturated carbocycles. The van der Waals surface area contributed by atoms with E-state index in [0.29, 0.717) is 11.0 Å². The number of nitrogens with one attached hydrogen (secondary N) is 1. The molecule has 0 bridgehead atoms. The summed E-state index contributed by atoms with van der Waals surface area (Å²) in [6.45, 7) is 2.13. The summed E-state index contributed by atoms with van der Waals surface area (Å²) in [5.41, 5.74) is -1.83. The first-order chi connectivity index (χ1) is 16.7. The van der Waals surface area contributed by atoms with Crippen LogP contribution in [0.2, 0.25) is 20.1 Å². The van der Waals surface area contributed by atoms with E-state index in [4.69, 9.17) is 51.1 Å². The van der Waals surface area contributed by atoms with Crippen molar-refractivity contribution in [2.45, 2.75) is 26.1 Å². The van der Waals surface area contributed by atoms with Crippen LogP contribution >= 0.6 is 46.4 Å². The Balaban J connectivity index is 1.78. The summed E-state index contributed by atoms with van der Waals surface area (Å²) in [5, 5.41) is 1.04. The van der Waals surface area contributed by atoms with Gasteiger partial charge in [0, 0.05) is 5.69 Å². The second-order valence-corrected chi connectivity index (χ2v) is 9.42. The van der Waals surface area contributed by atoms with Gasteiger partial charge in [0.1, 0.15) is 6.04 Å². The van der Waals surface area contributed by atoms with Gasteiger partial charge in [0.05, 0.1) is 36.8 Å². The number of benzene rings is 2. The molecular formula is C22H15Cl4F3N2O5. The smallest absolute Gasteiger partial charge is 0.416 e. The van der Waals surface area contributed by atoms with Gasteiger partial charge in [-0.05, 0) is 24.1 Å². The number of fused-ring (bicyclic) bond motifs is 1. The maximum atomic E-state index is 13.1. The Morgan fingerprint density at radius 3 is 1.97 bits per heavy atom. The molecule has 0 saturated heterocycles. The molecule has 0 aliphatic carbocycles. The Morgan fingerprint density at radius 1 is 0.972 bits per heavy atom. The summed E-state index contributed by atoms with van der Waals surface area (Å²) in [6.07, 6.45) is -4.62. The molecule has 14 heteroatoms. The zero-order valence-electron chi connectivity index (χ0n) is 18.3. The largest absolute Gasteiger partial charge is 0.454 e. The van der Waals surface area contributed by atoms with Crippen LogP contribution in [0, 0.1) is 5.92 Å². The van der Waals surface area contributed by atoms with Crippen molar-refractivity contribution in [1.82, 2.24) is 4.90 Å². The van der Waals surface area contributed by atoms with E-state index in [2.05, 4.69) is 5.32 Å². The Bertz CT molecular complexity index is 1240. The van der Waals surface area contributed by atoms with Gasteiger partial charge in [0.25, 0.3) is 17.7 Å². The van der Waals surface area contributed by atoms with E-state index in [1.165, 1.54) is 19.9 Å². The molecule has 7 nitrogen and oxygen atoms in total. The van der Waals surface area contributed by atoms with Crippen molar-refractivity contribution in [3.05, 3.63) is 61.0 Å². The number of halogens is 7. The molecule has 1 heterocycles. The Labute approximate surface area is 222 Å². The van der Waals surface area contributed by atoms with Gasteiger partial charge in [-0.3, -0.25) is 19.3 Å². The second kappa shape index (κ2) is 10.5. The molecule has 0 fully saturated rings. The molecule has 1 aliphatic heterocycles. The minimum Gasteiger partial charge on any atom is -0.454 e. The number of ether oxygens (including phenoxy) is 1. The van der Waals surface area contributed by atoms with Gasteiger partial charge in [-0.25, -0.2) is 4.79 Å². The summed E-state index contributed by atoms with van der Waals surface area (Å²) in [4.78, 5) is 51.8. The quantitative estimate of drug-likeness (QED) is 0.191. The monoisotopic (exact) mass is 584 g/mol. The molecular weight excluding hydrogens is 571 g/mol. The number of esters is 1. The summed E-state index contributed by atoms with van der Waals surface area (Å²) >= 11 is 24.2. The fraction of sp³-hybridized carbons (Fsp3) is 0.273. The van der Waals surface area contributed by atoms with E-state index >= 15 is 0 Å². The van der Waals surface area contributed by atoms with Crippen molar-refractivity contribution in [2.24, 2.45) is 5.92 Å². The van der Waals surface area contributed by atoms with Crippen LogP contribution in [-0.2, 0) is 20.5 Å². The second-order valence-electron chi connectivity index (χ2n) is 7.91. The van der Waals surface area contributed by atoms with Crippen LogP contribution in [0.3, 0.4) is 0 Å². The maximum Gasteiger partial charge on any atom is 0.416 e. The zero-order valence-corrected chi connectivity index (χ0v) is 21.3. The number of imide groups is 1. The van der Waals surface area contributed by atoms with Crippen LogP contribution in [0.1, 0.15) is 40.1 Å². The van der Waals surface area contributed by atoms with E-state index < -0.39 is 54.0 Å². The van der Waals surface area contributed by atoms with Crippen LogP contribution < -0.4 is 5.32 Å². The van der Waals surface area contributed by atoms with Crippen molar-refractivity contribution < 1.29 is 37.1 Å². The number of hydrogen-bond donors (Lipinski definition) is 1. The van der Waals surface area contributed by atoms with Crippen LogP contribution in [0.4, 0.5) is 18.9 Å². The summed E-state index contributed by atoms with van der Waals surface area (Å²) in [7, 11) is 0. The molecule has 192 valence electrons. The van der Waals surface area contributed by atoms with Crippen LogP contribution in [-0.4, -0.2) is 41.2 Å². The third kappa shape index (κ3) is 5.27. The average molecular weight is 586 g/mol. The highest BCUT2D eigenvalue weighted by molar-refractivity contribution is 6.55. The molecule has 2 aromatic carbocycles. The number of anilines is 1. The summed E-state index contributed by atoms with van der Waals surface area (Å²) in [6, 6.07) is 2.34. The normalized spacial score (nSPS) is 14.2. The highest BCUT2D eigenvalue weighted by Crippen LogP contribution is 2.45. The van der Waals surface area contributed by atoms with E-state index in [1.54, 1.807) is 0 Å². The standard InChI is InChI=1S/C22H15Cl4F3N2O5/c1-8(2)18(31-19(33)12-13(20(31)34)15(24)17(26)16(25)14(12)23)21(35)36-7-11(32)30-10-5-3-4-9(6-10)22(27,28)29/h3-6,8,18H,7H2,1-2H3,(H,30,32)/t18-/m0/s1. The fourth-order valence-electron chi connectivity index (χ4n) is 3.49. The summed E-state index contributed by atoms with van der Waals surface area (Å²) in [5.74, 6) is -4.69. The molecule has 2 aromatic rings. The Hall–Kier alpha value is -2.53. The molecule has 0 unspecified atom stereocenters. The number of carbonyl (C=O) groups excluding carboxylic acids is 4. The predicted octanol–water partition coefficient (Wildman–Crippen LogP) is 6.12. The van der Waals surface area contributed by atoms with Gasteiger partial charge in [0.2, 0.25) is 0 Å². The molecule has 1 aliphatic rings. The highest BCUT2D eigenvalue weighted by Gasteiger charge is 2.48. The van der Waals surface area contributed by atoms with Crippen molar-refractivity contribution in [3.8, 4) is 0 Å². The fourth-order valence-corrected chi connectivity index (χ4v) is 4.50. The molecule has 0 radical (unpaired) electrons. The molecule has 0 aromatic heterocycles. The Morgan fingerprint density at radius 2 is 1.50 bits per heavy atom. The molecule has 3 rings (SSSR count). The lowest BCUT2D eigenvalue weighted by atomic mass is 10.0. The van der Waals surface area contributed by atoms with Crippen molar-refractivity contribution >= 4 is 75.8 Å². The van der Waals surface area contributed by atoms with Gasteiger partial charge in [-0.15, -0.1) is 0 Å². The molecule has 0 spiro atoms. The molecule has 3 amide bonds. The highest BCUT2D eigenvalue weighted by atomic mass is 35.5. The van der Waals surface area contributed by atoms with Crippen molar-refractivity contribution in [3.63, 3.8) is 0 Å². The van der Waals surface area contributed by atoms with E-state index in [-0.39, 0.29) is 36.9 Å². The van der Waals surface area contributed by atoms with E-state index in [9.17, 15) is 32.3 Å². The lowest BCUT2D eigenvalue weighted by Gasteiger charge is -2.27. The topological polar surface area (TPSA) is 92.8 Å². The SMILES string of the molecule is CC(C)[C@@H](C(=O)OCC(=O)Nc1cccc(C(F)(F)F)c1)N1C(=O)c2c(Cl)c(Cl)c(Cl)c(Cl)c2C1=O. The average Bonchev–Trinajstić information content (AvgIpc) is 3.05. The van der Waals surface area contributed by atoms with Gasteiger partial charge in [-0.2, -0.15) is 13.2 Å². The molecule has 36 heavy (non-hydrogen) atoms. The number of alkyl halides is 3. The van der Waals surface area contributed by atoms with Gasteiger partial charge >= 0.3 is 12.1 Å². The van der Waals surface area contributed by atoms with Gasteiger partial charge in [0.15, 0.2) is 6.61 Å². The third-order valence-corrected chi connectivity index (χ3v) is 6.90. The van der Waals surface area contributed by atoms with Crippen molar-refractivity contribution in [2.75, 3.05) is 11.9 Å². The minimum absolute atomic E-state index is 0.176. The number of rotatable bonds is 6. The van der Waals surface area contributed by atoms with E-state index in [1.807, 2.05) is 0 Å². The predicted molar refractivity (Wildman–Crippen MR) is 127 cm³/mol. The lowest BCUT2D eigenvalue weighted by Crippen LogP contribution is -2.49. The first-order valence-electron chi connectivity index (χ1n) is 10.0. The van der Waals surface area contributed by atoms with E-state index in [0.717, 1.165) is 12.1 Å². The molecule has 1 atom stereocenters. The number of hydrogen-bond acceptors (Lipinski definition) is 5. The lowest BCUT2D eigenvalue weighted by molar-refractivity contribution is -0.152. The summed E-state index contributed by atoms with van der Waals surface area (Å²) < 4.78 is 43.5. The third-order valence-electron chi connectivity index (χ3n) is 5.10. The Kier molecular flexibility index (Phi) is 8.14. The zero-order chi connectivity index (χ0) is 27.1. The first-order valence-corrected chi connectivity index (χ1v) is 11.6. The van der Waals surface area contributed by atoms with Crippen LogP contribution in [0.15, 0.2) is 24.3 Å². The molecule has 1 N–H and O–H groups in total. The van der Waals surface area contributed by atoms with Gasteiger partial charge < -0.3 is 10.1 Å². The number of carbonyl (C=O) groups is 4. The number of amides is 3. The van der Waals surface area contributed by atoms with Crippen LogP contribution in [0.5, 0.6) is 0 Å². The van der Waals surface area contributed by atoms with Crippen molar-refractivity contribution in [1.29, 1.82) is 0 Å². The maximum absolute atomic E-state index is 13.1. The van der Waals surface area contributed by atoms with Gasteiger partial charge in [-0.1, -0.05) is 66.3 Å². The first kappa shape index (κ1) is 28.0. The number of nitrogens with zero attached hydrogens (tertiary/aromatic N) is 1. The minimum atomic E-state index is -4.62. The van der Waals surface area contributed by atoms with Crippen LogP contribution in [0.25, 0.3) is 0 Å².